The number of hydrogen-bond acceptors (Lipinski definition) is 4. The summed E-state index contributed by atoms with van der Waals surface area (Å²) >= 11 is 1.32. The van der Waals surface area contributed by atoms with Crippen LogP contribution >= 0.6 is 11.8 Å². The van der Waals surface area contributed by atoms with Gasteiger partial charge < -0.3 is 5.32 Å². The number of aryl methyl sites for hydroxylation is 2. The highest BCUT2D eigenvalue weighted by Crippen LogP contribution is 2.36. The summed E-state index contributed by atoms with van der Waals surface area (Å²) in [5, 5.41) is 4.22. The minimum absolute atomic E-state index is 0.0134. The van der Waals surface area contributed by atoms with Crippen molar-refractivity contribution in [1.29, 1.82) is 0 Å². The maximum absolute atomic E-state index is 12.9. The van der Waals surface area contributed by atoms with Crippen LogP contribution in [0.3, 0.4) is 0 Å². The van der Waals surface area contributed by atoms with Crippen LogP contribution in [0.15, 0.2) is 52.4 Å². The van der Waals surface area contributed by atoms with E-state index < -0.39 is 0 Å². The Balaban J connectivity index is 1.56. The predicted octanol–water partition coefficient (Wildman–Crippen LogP) is 4.08. The molecule has 1 aliphatic carbocycles. The first kappa shape index (κ1) is 17.8. The van der Waals surface area contributed by atoms with Crippen molar-refractivity contribution in [2.75, 3.05) is 11.1 Å². The maximum atomic E-state index is 12.9. The zero-order valence-corrected chi connectivity index (χ0v) is 16.2. The molecule has 4 rings (SSSR count). The Bertz CT molecular complexity index is 1090. The Morgan fingerprint density at radius 1 is 1.22 bits per heavy atom. The summed E-state index contributed by atoms with van der Waals surface area (Å²) in [7, 11) is 0. The number of nitrogens with zero attached hydrogens (tertiary/aromatic N) is 2. The number of anilines is 1. The highest BCUT2D eigenvalue weighted by Gasteiger charge is 2.28. The summed E-state index contributed by atoms with van der Waals surface area (Å²) < 4.78 is 1.76. The molecular weight excluding hydrogens is 358 g/mol. The van der Waals surface area contributed by atoms with Gasteiger partial charge in [-0.1, -0.05) is 36.0 Å². The van der Waals surface area contributed by atoms with Crippen LogP contribution in [0.1, 0.15) is 30.0 Å². The van der Waals surface area contributed by atoms with Crippen molar-refractivity contribution in [1.82, 2.24) is 9.55 Å². The zero-order chi connectivity index (χ0) is 19.0. The van der Waals surface area contributed by atoms with Gasteiger partial charge in [0, 0.05) is 11.7 Å². The molecule has 0 spiro atoms. The van der Waals surface area contributed by atoms with Crippen LogP contribution in [0.4, 0.5) is 5.69 Å². The van der Waals surface area contributed by atoms with Gasteiger partial charge in [0.15, 0.2) is 5.16 Å². The molecule has 0 saturated heterocycles. The van der Waals surface area contributed by atoms with E-state index in [0.29, 0.717) is 16.1 Å². The molecule has 1 aliphatic rings. The smallest absolute Gasteiger partial charge is 0.262 e. The fourth-order valence-corrected chi connectivity index (χ4v) is 3.94. The summed E-state index contributed by atoms with van der Waals surface area (Å²) in [5.41, 5.74) is 3.61. The number of fused-ring (bicyclic) bond motifs is 1. The molecular formula is C21H21N3O2S. The summed E-state index contributed by atoms with van der Waals surface area (Å²) in [6.07, 6.45) is 1.98. The van der Waals surface area contributed by atoms with Crippen molar-refractivity contribution in [3.05, 3.63) is 63.9 Å². The standard InChI is InChI=1S/C21H21N3O2S/c1-13-7-8-14(2)18(11-13)22-19(25)12-27-21-23-17-6-4-3-5-16(17)20(26)24(21)15-9-10-15/h3-8,11,15H,9-10,12H2,1-2H3,(H,22,25). The number of amides is 1. The Kier molecular flexibility index (Phi) is 4.74. The van der Waals surface area contributed by atoms with Gasteiger partial charge in [-0.3, -0.25) is 14.2 Å². The van der Waals surface area contributed by atoms with E-state index in [-0.39, 0.29) is 23.3 Å². The van der Waals surface area contributed by atoms with Crippen molar-refractivity contribution in [2.45, 2.75) is 37.9 Å². The minimum Gasteiger partial charge on any atom is -0.325 e. The lowest BCUT2D eigenvalue weighted by Gasteiger charge is -2.13. The molecule has 5 nitrogen and oxygen atoms in total. The first-order valence-corrected chi connectivity index (χ1v) is 10.0. The Labute approximate surface area is 161 Å². The fourth-order valence-electron chi connectivity index (χ4n) is 3.07. The summed E-state index contributed by atoms with van der Waals surface area (Å²) in [4.78, 5) is 30.0. The highest BCUT2D eigenvalue weighted by molar-refractivity contribution is 7.99. The third-order valence-electron chi connectivity index (χ3n) is 4.69. The van der Waals surface area contributed by atoms with Crippen molar-refractivity contribution < 1.29 is 4.79 Å². The summed E-state index contributed by atoms with van der Waals surface area (Å²) in [6, 6.07) is 13.6. The second-order valence-electron chi connectivity index (χ2n) is 6.97. The molecule has 1 amide bonds. The number of nitrogens with one attached hydrogen (secondary N) is 1. The normalized spacial score (nSPS) is 13.7. The van der Waals surface area contributed by atoms with Gasteiger partial charge in [-0.25, -0.2) is 4.98 Å². The van der Waals surface area contributed by atoms with Gasteiger partial charge in [0.05, 0.1) is 16.7 Å². The maximum Gasteiger partial charge on any atom is 0.262 e. The van der Waals surface area contributed by atoms with Gasteiger partial charge in [0.25, 0.3) is 5.56 Å². The Morgan fingerprint density at radius 2 is 2.00 bits per heavy atom. The lowest BCUT2D eigenvalue weighted by Crippen LogP contribution is -2.23. The van der Waals surface area contributed by atoms with Gasteiger partial charge in [-0.15, -0.1) is 0 Å². The summed E-state index contributed by atoms with van der Waals surface area (Å²) in [5.74, 6) is 0.115. The Morgan fingerprint density at radius 3 is 2.78 bits per heavy atom. The zero-order valence-electron chi connectivity index (χ0n) is 15.4. The molecule has 0 aliphatic heterocycles. The molecule has 1 aromatic heterocycles. The van der Waals surface area contributed by atoms with E-state index >= 15 is 0 Å². The van der Waals surface area contributed by atoms with Gasteiger partial charge >= 0.3 is 0 Å². The van der Waals surface area contributed by atoms with E-state index in [1.165, 1.54) is 11.8 Å². The second kappa shape index (κ2) is 7.19. The van der Waals surface area contributed by atoms with Crippen LogP contribution in [0, 0.1) is 13.8 Å². The molecule has 1 saturated carbocycles. The summed E-state index contributed by atoms with van der Waals surface area (Å²) in [6.45, 7) is 3.97. The first-order valence-electron chi connectivity index (χ1n) is 9.04. The highest BCUT2D eigenvalue weighted by atomic mass is 32.2. The molecule has 138 valence electrons. The molecule has 0 radical (unpaired) electrons. The first-order chi connectivity index (χ1) is 13.0. The molecule has 6 heteroatoms. The number of para-hydroxylation sites is 1. The van der Waals surface area contributed by atoms with Gasteiger partial charge in [0.2, 0.25) is 5.91 Å². The van der Waals surface area contributed by atoms with Gasteiger partial charge in [-0.05, 0) is 56.0 Å². The number of benzene rings is 2. The number of rotatable bonds is 5. The molecule has 1 fully saturated rings. The number of aromatic nitrogens is 2. The monoisotopic (exact) mass is 379 g/mol. The molecule has 1 heterocycles. The van der Waals surface area contributed by atoms with Crippen LogP contribution in [-0.2, 0) is 4.79 Å². The van der Waals surface area contributed by atoms with Crippen molar-refractivity contribution in [3.63, 3.8) is 0 Å². The van der Waals surface area contributed by atoms with Crippen molar-refractivity contribution >= 4 is 34.3 Å². The lowest BCUT2D eigenvalue weighted by molar-refractivity contribution is -0.113. The van der Waals surface area contributed by atoms with Gasteiger partial charge in [-0.2, -0.15) is 0 Å². The quantitative estimate of drug-likeness (QED) is 0.536. The van der Waals surface area contributed by atoms with E-state index in [1.807, 2.05) is 56.3 Å². The van der Waals surface area contributed by atoms with Crippen LogP contribution in [0.5, 0.6) is 0 Å². The lowest BCUT2D eigenvalue weighted by atomic mass is 10.1. The van der Waals surface area contributed by atoms with Crippen LogP contribution in [-0.4, -0.2) is 21.2 Å². The van der Waals surface area contributed by atoms with Gasteiger partial charge in [0.1, 0.15) is 0 Å². The average molecular weight is 379 g/mol. The average Bonchev–Trinajstić information content (AvgIpc) is 3.48. The molecule has 3 aromatic rings. The van der Waals surface area contributed by atoms with E-state index in [4.69, 9.17) is 0 Å². The van der Waals surface area contributed by atoms with Crippen molar-refractivity contribution in [2.24, 2.45) is 0 Å². The van der Waals surface area contributed by atoms with Crippen LogP contribution < -0.4 is 10.9 Å². The number of carbonyl (C=O) groups is 1. The Hall–Kier alpha value is -2.60. The predicted molar refractivity (Wildman–Crippen MR) is 110 cm³/mol. The molecule has 1 N–H and O–H groups in total. The van der Waals surface area contributed by atoms with Crippen LogP contribution in [0.2, 0.25) is 0 Å². The second-order valence-corrected chi connectivity index (χ2v) is 7.92. The minimum atomic E-state index is -0.0987. The number of thioether (sulfide) groups is 1. The van der Waals surface area contributed by atoms with Crippen molar-refractivity contribution in [3.8, 4) is 0 Å². The molecule has 0 bridgehead atoms. The van der Waals surface area contributed by atoms with E-state index in [0.717, 1.165) is 29.7 Å². The third kappa shape index (κ3) is 3.76. The SMILES string of the molecule is Cc1ccc(C)c(NC(=O)CSc2nc3ccccc3c(=O)n2C2CC2)c1. The molecule has 2 aromatic carbocycles. The molecule has 27 heavy (non-hydrogen) atoms. The number of carbonyl (C=O) groups excluding carboxylic acids is 1. The van der Waals surface area contributed by atoms with E-state index in [1.54, 1.807) is 4.57 Å². The molecule has 0 atom stereocenters. The van der Waals surface area contributed by atoms with Crippen LogP contribution in [0.25, 0.3) is 10.9 Å². The fraction of sp³-hybridized carbons (Fsp3) is 0.286. The molecule has 0 unspecified atom stereocenters. The largest absolute Gasteiger partial charge is 0.325 e. The topological polar surface area (TPSA) is 64.0 Å². The third-order valence-corrected chi connectivity index (χ3v) is 5.64. The van der Waals surface area contributed by atoms with E-state index in [9.17, 15) is 9.59 Å². The number of hydrogen-bond donors (Lipinski definition) is 1. The van der Waals surface area contributed by atoms with E-state index in [2.05, 4.69) is 10.3 Å².